The average molecular weight is 505 g/mol. The van der Waals surface area contributed by atoms with E-state index in [1.54, 1.807) is 12.3 Å². The fourth-order valence-electron chi connectivity index (χ4n) is 5.26. The zero-order valence-electron chi connectivity index (χ0n) is 20.7. The lowest BCUT2D eigenvalue weighted by Gasteiger charge is -2.26. The molecular weight excluding hydrogens is 479 g/mol. The zero-order chi connectivity index (χ0) is 25.5. The third kappa shape index (κ3) is 4.20. The molecule has 1 fully saturated rings. The Morgan fingerprint density at radius 3 is 2.66 bits per heavy atom. The van der Waals surface area contributed by atoms with Crippen molar-refractivity contribution in [1.82, 2.24) is 40.0 Å². The van der Waals surface area contributed by atoms with Crippen LogP contribution in [0.5, 0.6) is 0 Å². The molecule has 188 valence electrons. The number of piperidine rings is 1. The van der Waals surface area contributed by atoms with E-state index in [0.717, 1.165) is 47.3 Å². The molecule has 1 aromatic carbocycles. The number of likely N-dealkylation sites (tertiary alicyclic amines) is 1. The van der Waals surface area contributed by atoms with Gasteiger partial charge in [0.1, 0.15) is 17.0 Å². The minimum Gasteiger partial charge on any atom is -0.321 e. The first-order valence-electron chi connectivity index (χ1n) is 12.8. The first kappa shape index (κ1) is 22.7. The summed E-state index contributed by atoms with van der Waals surface area (Å²) in [4.78, 5) is 24.2. The number of hydrogen-bond acceptors (Lipinski definition) is 6. The number of hydrogen-bond donors (Lipinski definition) is 2. The SMILES string of the molecule is Fc1cccc(-c2ccnc3[nH]c(-c4n[nH]c5ncc(-c6cncc(CN7CCCCC7)c6)cc45)nc23)c1. The van der Waals surface area contributed by atoms with E-state index < -0.39 is 0 Å². The van der Waals surface area contributed by atoms with E-state index in [0.29, 0.717) is 28.3 Å². The molecule has 0 bridgehead atoms. The Hall–Kier alpha value is -4.50. The normalized spacial score (nSPS) is 14.4. The van der Waals surface area contributed by atoms with Crippen LogP contribution >= 0.6 is 0 Å². The summed E-state index contributed by atoms with van der Waals surface area (Å²) in [6, 6.07) is 12.6. The van der Waals surface area contributed by atoms with Crippen LogP contribution in [0.15, 0.2) is 67.3 Å². The largest absolute Gasteiger partial charge is 0.321 e. The Labute approximate surface area is 218 Å². The van der Waals surface area contributed by atoms with Crippen LogP contribution in [0.4, 0.5) is 4.39 Å². The van der Waals surface area contributed by atoms with Crippen molar-refractivity contribution in [2.75, 3.05) is 13.1 Å². The average Bonchev–Trinajstić information content (AvgIpc) is 3.57. The van der Waals surface area contributed by atoms with Crippen molar-refractivity contribution in [1.29, 1.82) is 0 Å². The molecule has 0 unspecified atom stereocenters. The molecule has 0 atom stereocenters. The molecule has 5 aromatic heterocycles. The molecule has 6 heterocycles. The first-order chi connectivity index (χ1) is 18.7. The molecule has 1 aliphatic rings. The molecule has 0 radical (unpaired) electrons. The summed E-state index contributed by atoms with van der Waals surface area (Å²) in [6.07, 6.45) is 11.2. The van der Waals surface area contributed by atoms with Crippen LogP contribution in [0.3, 0.4) is 0 Å². The molecule has 6 aromatic rings. The molecule has 0 aliphatic carbocycles. The van der Waals surface area contributed by atoms with Gasteiger partial charge >= 0.3 is 0 Å². The molecule has 9 heteroatoms. The summed E-state index contributed by atoms with van der Waals surface area (Å²) >= 11 is 0. The first-order valence-corrected chi connectivity index (χ1v) is 12.8. The fraction of sp³-hybridized carbons (Fsp3) is 0.207. The standard InChI is InChI=1S/C29H25FN8/c30-22-6-4-5-19(12-22)23-7-8-32-28-25(23)34-29(35-28)26-24-13-21(16-33-27(24)37-36-26)20-11-18(14-31-15-20)17-38-9-2-1-3-10-38/h4-8,11-16H,1-3,9-10,17H2,(H,32,34,35)(H,33,36,37). The summed E-state index contributed by atoms with van der Waals surface area (Å²) in [5.41, 5.74) is 7.29. The van der Waals surface area contributed by atoms with E-state index in [4.69, 9.17) is 4.98 Å². The van der Waals surface area contributed by atoms with Gasteiger partial charge in [0.15, 0.2) is 17.1 Å². The van der Waals surface area contributed by atoms with Crippen molar-refractivity contribution in [2.45, 2.75) is 25.8 Å². The third-order valence-electron chi connectivity index (χ3n) is 7.14. The number of H-pyrrole nitrogens is 2. The second-order valence-corrected chi connectivity index (χ2v) is 9.76. The van der Waals surface area contributed by atoms with Crippen molar-refractivity contribution in [3.05, 3.63) is 78.6 Å². The van der Waals surface area contributed by atoms with Crippen LogP contribution in [0.2, 0.25) is 0 Å². The van der Waals surface area contributed by atoms with Gasteiger partial charge in [-0.3, -0.25) is 15.0 Å². The number of aromatic nitrogens is 7. The second-order valence-electron chi connectivity index (χ2n) is 9.76. The predicted octanol–water partition coefficient (Wildman–Crippen LogP) is 5.75. The van der Waals surface area contributed by atoms with Crippen molar-refractivity contribution in [3.63, 3.8) is 0 Å². The van der Waals surface area contributed by atoms with Crippen LogP contribution in [0.1, 0.15) is 24.8 Å². The molecule has 2 N–H and O–H groups in total. The lowest BCUT2D eigenvalue weighted by Crippen LogP contribution is -2.29. The number of nitrogens with one attached hydrogen (secondary N) is 2. The third-order valence-corrected chi connectivity index (χ3v) is 7.14. The lowest BCUT2D eigenvalue weighted by molar-refractivity contribution is 0.220. The number of fused-ring (bicyclic) bond motifs is 2. The molecule has 1 saturated heterocycles. The van der Waals surface area contributed by atoms with E-state index in [9.17, 15) is 4.39 Å². The highest BCUT2D eigenvalue weighted by atomic mass is 19.1. The van der Waals surface area contributed by atoms with E-state index in [1.807, 2.05) is 30.7 Å². The predicted molar refractivity (Wildman–Crippen MR) is 145 cm³/mol. The Balaban J connectivity index is 1.26. The van der Waals surface area contributed by atoms with E-state index in [1.165, 1.54) is 37.0 Å². The summed E-state index contributed by atoms with van der Waals surface area (Å²) < 4.78 is 13.9. The Morgan fingerprint density at radius 2 is 1.76 bits per heavy atom. The summed E-state index contributed by atoms with van der Waals surface area (Å²) in [6.45, 7) is 3.19. The number of rotatable bonds is 5. The molecule has 7 rings (SSSR count). The van der Waals surface area contributed by atoms with Crippen molar-refractivity contribution >= 4 is 22.2 Å². The van der Waals surface area contributed by atoms with Crippen LogP contribution < -0.4 is 0 Å². The van der Waals surface area contributed by atoms with Gasteiger partial charge in [0.25, 0.3) is 0 Å². The van der Waals surface area contributed by atoms with Crippen molar-refractivity contribution in [3.8, 4) is 33.8 Å². The number of benzene rings is 1. The molecule has 0 amide bonds. The summed E-state index contributed by atoms with van der Waals surface area (Å²) in [5.74, 6) is 0.271. The quantitative estimate of drug-likeness (QED) is 0.310. The zero-order valence-corrected chi connectivity index (χ0v) is 20.7. The topological polar surface area (TPSA) is 99.3 Å². The summed E-state index contributed by atoms with van der Waals surface area (Å²) in [7, 11) is 0. The van der Waals surface area contributed by atoms with Crippen LogP contribution in [-0.4, -0.2) is 53.1 Å². The molecule has 0 spiro atoms. The number of nitrogens with zero attached hydrogens (tertiary/aromatic N) is 6. The van der Waals surface area contributed by atoms with Gasteiger partial charge in [-0.15, -0.1) is 0 Å². The Bertz CT molecular complexity index is 1770. The van der Waals surface area contributed by atoms with Crippen LogP contribution in [-0.2, 0) is 6.54 Å². The van der Waals surface area contributed by atoms with Gasteiger partial charge < -0.3 is 4.98 Å². The molecule has 0 saturated carbocycles. The van der Waals surface area contributed by atoms with Gasteiger partial charge in [-0.25, -0.2) is 19.3 Å². The molecule has 1 aliphatic heterocycles. The monoisotopic (exact) mass is 504 g/mol. The smallest absolute Gasteiger partial charge is 0.161 e. The van der Waals surface area contributed by atoms with E-state index in [-0.39, 0.29) is 5.82 Å². The van der Waals surface area contributed by atoms with Gasteiger partial charge in [0.05, 0.1) is 5.39 Å². The van der Waals surface area contributed by atoms with Crippen molar-refractivity contribution in [2.24, 2.45) is 0 Å². The molecule has 8 nitrogen and oxygen atoms in total. The van der Waals surface area contributed by atoms with Gasteiger partial charge in [-0.1, -0.05) is 18.6 Å². The Kier molecular flexibility index (Phi) is 5.62. The maximum Gasteiger partial charge on any atom is 0.161 e. The van der Waals surface area contributed by atoms with Crippen LogP contribution in [0, 0.1) is 5.82 Å². The maximum absolute atomic E-state index is 13.9. The highest BCUT2D eigenvalue weighted by molar-refractivity contribution is 5.96. The lowest BCUT2D eigenvalue weighted by atomic mass is 10.1. The van der Waals surface area contributed by atoms with Gasteiger partial charge in [0.2, 0.25) is 0 Å². The molecule has 38 heavy (non-hydrogen) atoms. The van der Waals surface area contributed by atoms with Crippen molar-refractivity contribution < 1.29 is 4.39 Å². The second kappa shape index (κ2) is 9.42. The van der Waals surface area contributed by atoms with Gasteiger partial charge in [-0.05, 0) is 67.4 Å². The van der Waals surface area contributed by atoms with Gasteiger partial charge in [0, 0.05) is 48.0 Å². The van der Waals surface area contributed by atoms with E-state index >= 15 is 0 Å². The fourth-order valence-corrected chi connectivity index (χ4v) is 5.26. The number of pyridine rings is 3. The van der Waals surface area contributed by atoms with E-state index in [2.05, 4.69) is 47.2 Å². The van der Waals surface area contributed by atoms with Gasteiger partial charge in [-0.2, -0.15) is 5.10 Å². The highest BCUT2D eigenvalue weighted by Gasteiger charge is 2.18. The minimum atomic E-state index is -0.297. The maximum atomic E-state index is 13.9. The number of imidazole rings is 1. The highest BCUT2D eigenvalue weighted by Crippen LogP contribution is 2.32. The Morgan fingerprint density at radius 1 is 0.868 bits per heavy atom. The number of halogens is 1. The summed E-state index contributed by atoms with van der Waals surface area (Å²) in [5, 5.41) is 8.37. The number of aromatic amines is 2. The van der Waals surface area contributed by atoms with Crippen LogP contribution in [0.25, 0.3) is 56.0 Å². The molecular formula is C29H25FN8. The minimum absolute atomic E-state index is 0.297.